The van der Waals surface area contributed by atoms with E-state index in [0.717, 1.165) is 10.9 Å². The molecule has 0 saturated carbocycles. The molecule has 1 rings (SSSR count). The van der Waals surface area contributed by atoms with Crippen molar-refractivity contribution in [3.8, 4) is 0 Å². The molecular weight excluding hydrogens is 414 g/mol. The maximum absolute atomic E-state index is 10.4. The van der Waals surface area contributed by atoms with Gasteiger partial charge in [0.2, 0.25) is 0 Å². The van der Waals surface area contributed by atoms with Gasteiger partial charge in [0.25, 0.3) is 0 Å². The normalized spacial score (nSPS) is 11.8. The lowest BCUT2D eigenvalue weighted by Crippen LogP contribution is -2.41. The summed E-state index contributed by atoms with van der Waals surface area (Å²) in [6.07, 6.45) is 9.92. The summed E-state index contributed by atoms with van der Waals surface area (Å²) < 4.78 is 32.3. The fourth-order valence-corrected chi connectivity index (χ4v) is 3.97. The molecule has 0 aliphatic carbocycles. The molecule has 4 nitrogen and oxygen atoms in total. The lowest BCUT2D eigenvalue weighted by Gasteiger charge is -2.29. The van der Waals surface area contributed by atoms with E-state index < -0.39 is 10.1 Å². The van der Waals surface area contributed by atoms with Crippen LogP contribution in [0.5, 0.6) is 0 Å². The standard InChI is InChI=1S/C13H29BrN.C7H8O3S/c1-4-5-6-7-8-9-10-12-15(2,3)13-11-14;1-6-2-4-7(5-3-6)11(8,9)10/h4-13H2,1-3H3;2-5H,1H3,(H,8,9,10)/q+1;/p-1. The summed E-state index contributed by atoms with van der Waals surface area (Å²) in [5, 5.41) is 1.12. The van der Waals surface area contributed by atoms with Gasteiger partial charge in [0, 0.05) is 0 Å². The molecule has 0 N–H and O–H groups in total. The average Bonchev–Trinajstić information content (AvgIpc) is 2.54. The predicted molar refractivity (Wildman–Crippen MR) is 113 cm³/mol. The average molecular weight is 450 g/mol. The monoisotopic (exact) mass is 449 g/mol. The Morgan fingerprint density at radius 2 is 1.42 bits per heavy atom. The summed E-state index contributed by atoms with van der Waals surface area (Å²) >= 11 is 3.52. The van der Waals surface area contributed by atoms with Crippen LogP contribution in [0.1, 0.15) is 57.4 Å². The Morgan fingerprint density at radius 1 is 0.923 bits per heavy atom. The molecule has 152 valence electrons. The SMILES string of the molecule is CCCCCCCCC[N+](C)(C)CCBr.Cc1ccc(S(=O)(=O)[O-])cc1. The molecule has 0 heterocycles. The number of unbranched alkanes of at least 4 members (excludes halogenated alkanes) is 6. The van der Waals surface area contributed by atoms with Crippen molar-refractivity contribution in [1.82, 2.24) is 0 Å². The Hall–Kier alpha value is -0.430. The lowest BCUT2D eigenvalue weighted by atomic mass is 10.1. The number of aryl methyl sites for hydroxylation is 1. The largest absolute Gasteiger partial charge is 0.744 e. The zero-order valence-electron chi connectivity index (χ0n) is 16.8. The number of rotatable bonds is 11. The van der Waals surface area contributed by atoms with Gasteiger partial charge >= 0.3 is 0 Å². The van der Waals surface area contributed by atoms with Crippen LogP contribution in [0.3, 0.4) is 0 Å². The third-order valence-corrected chi connectivity index (χ3v) is 5.57. The molecule has 0 fully saturated rings. The molecule has 26 heavy (non-hydrogen) atoms. The first-order valence-corrected chi connectivity index (χ1v) is 12.1. The first kappa shape index (κ1) is 25.6. The van der Waals surface area contributed by atoms with E-state index in [2.05, 4.69) is 36.9 Å². The molecule has 0 aromatic heterocycles. The van der Waals surface area contributed by atoms with Gasteiger partial charge in [-0.15, -0.1) is 0 Å². The molecular formula is C20H36BrNO3S. The van der Waals surface area contributed by atoms with Crippen molar-refractivity contribution in [2.75, 3.05) is 32.5 Å². The molecule has 0 bridgehead atoms. The van der Waals surface area contributed by atoms with E-state index in [-0.39, 0.29) is 4.90 Å². The van der Waals surface area contributed by atoms with E-state index in [1.165, 1.54) is 74.7 Å². The van der Waals surface area contributed by atoms with E-state index in [4.69, 9.17) is 0 Å². The molecule has 1 aromatic rings. The number of nitrogens with zero attached hydrogens (tertiary/aromatic N) is 1. The Balaban J connectivity index is 0.000000502. The number of benzene rings is 1. The number of alkyl halides is 1. The minimum absolute atomic E-state index is 0.178. The van der Waals surface area contributed by atoms with Crippen LogP contribution in [0.25, 0.3) is 0 Å². The van der Waals surface area contributed by atoms with Crippen LogP contribution in [-0.4, -0.2) is 50.0 Å². The lowest BCUT2D eigenvalue weighted by molar-refractivity contribution is -0.887. The molecule has 0 spiro atoms. The van der Waals surface area contributed by atoms with Gasteiger partial charge < -0.3 is 9.04 Å². The highest BCUT2D eigenvalue weighted by atomic mass is 79.9. The van der Waals surface area contributed by atoms with Gasteiger partial charge in [-0.05, 0) is 31.9 Å². The van der Waals surface area contributed by atoms with Gasteiger partial charge in [-0.2, -0.15) is 0 Å². The first-order chi connectivity index (χ1) is 12.1. The van der Waals surface area contributed by atoms with E-state index in [0.29, 0.717) is 0 Å². The topological polar surface area (TPSA) is 57.2 Å². The number of quaternary nitrogens is 1. The van der Waals surface area contributed by atoms with Gasteiger partial charge in [0.05, 0.1) is 37.4 Å². The second-order valence-corrected chi connectivity index (χ2v) is 9.63. The van der Waals surface area contributed by atoms with Crippen LogP contribution in [0.2, 0.25) is 0 Å². The van der Waals surface area contributed by atoms with Crippen molar-refractivity contribution in [1.29, 1.82) is 0 Å². The molecule has 0 saturated heterocycles. The minimum Gasteiger partial charge on any atom is -0.744 e. The number of halogens is 1. The van der Waals surface area contributed by atoms with Crippen LogP contribution in [-0.2, 0) is 10.1 Å². The summed E-state index contributed by atoms with van der Waals surface area (Å²) in [5.74, 6) is 0. The van der Waals surface area contributed by atoms with Crippen LogP contribution in [0.4, 0.5) is 0 Å². The maximum atomic E-state index is 10.4. The quantitative estimate of drug-likeness (QED) is 0.204. The van der Waals surface area contributed by atoms with Gasteiger partial charge in [-0.25, -0.2) is 8.42 Å². The van der Waals surface area contributed by atoms with Crippen molar-refractivity contribution in [3.05, 3.63) is 29.8 Å². The second-order valence-electron chi connectivity index (χ2n) is 7.46. The zero-order valence-corrected chi connectivity index (χ0v) is 19.2. The maximum Gasteiger partial charge on any atom is 0.124 e. The number of hydrogen-bond acceptors (Lipinski definition) is 3. The van der Waals surface area contributed by atoms with E-state index in [9.17, 15) is 13.0 Å². The third-order valence-electron chi connectivity index (χ3n) is 4.37. The van der Waals surface area contributed by atoms with E-state index in [1.54, 1.807) is 12.1 Å². The molecule has 1 aromatic carbocycles. The van der Waals surface area contributed by atoms with Crippen molar-refractivity contribution < 1.29 is 17.5 Å². The smallest absolute Gasteiger partial charge is 0.124 e. The van der Waals surface area contributed by atoms with Crippen molar-refractivity contribution in [2.45, 2.75) is 63.7 Å². The Kier molecular flexibility index (Phi) is 13.5. The first-order valence-electron chi connectivity index (χ1n) is 9.53. The van der Waals surface area contributed by atoms with Crippen LogP contribution >= 0.6 is 15.9 Å². The van der Waals surface area contributed by atoms with Gasteiger partial charge in [-0.3, -0.25) is 0 Å². The predicted octanol–water partition coefficient (Wildman–Crippen LogP) is 5.11. The Morgan fingerprint density at radius 3 is 1.88 bits per heavy atom. The molecule has 0 unspecified atom stereocenters. The Bertz CT molecular complexity index is 571. The second kappa shape index (κ2) is 13.7. The Labute approximate surface area is 169 Å². The summed E-state index contributed by atoms with van der Waals surface area (Å²) in [7, 11) is 0.394. The molecule has 0 aliphatic heterocycles. The highest BCUT2D eigenvalue weighted by Crippen LogP contribution is 2.10. The van der Waals surface area contributed by atoms with Crippen molar-refractivity contribution in [3.63, 3.8) is 0 Å². The molecule has 0 aliphatic rings. The molecule has 0 amide bonds. The summed E-state index contributed by atoms with van der Waals surface area (Å²) in [6, 6.07) is 5.78. The zero-order chi connectivity index (χ0) is 20.1. The number of hydrogen-bond donors (Lipinski definition) is 0. The third kappa shape index (κ3) is 13.7. The summed E-state index contributed by atoms with van der Waals surface area (Å²) in [5.41, 5.74) is 0.928. The fourth-order valence-electron chi connectivity index (χ4n) is 2.54. The summed E-state index contributed by atoms with van der Waals surface area (Å²) in [4.78, 5) is -0.178. The van der Waals surface area contributed by atoms with Gasteiger partial charge in [-0.1, -0.05) is 72.7 Å². The van der Waals surface area contributed by atoms with Crippen molar-refractivity contribution in [2.24, 2.45) is 0 Å². The molecule has 0 radical (unpaired) electrons. The molecule has 0 atom stereocenters. The fraction of sp³-hybridized carbons (Fsp3) is 0.700. The van der Waals surface area contributed by atoms with Gasteiger partial charge in [0.15, 0.2) is 0 Å². The van der Waals surface area contributed by atoms with E-state index >= 15 is 0 Å². The van der Waals surface area contributed by atoms with Crippen molar-refractivity contribution >= 4 is 26.0 Å². The van der Waals surface area contributed by atoms with Gasteiger partial charge in [0.1, 0.15) is 10.1 Å². The van der Waals surface area contributed by atoms with Crippen LogP contribution in [0.15, 0.2) is 29.2 Å². The minimum atomic E-state index is -4.27. The molecule has 6 heteroatoms. The van der Waals surface area contributed by atoms with E-state index in [1.807, 2.05) is 6.92 Å². The van der Waals surface area contributed by atoms with Crippen LogP contribution in [0, 0.1) is 6.92 Å². The summed E-state index contributed by atoms with van der Waals surface area (Å²) in [6.45, 7) is 6.68. The van der Waals surface area contributed by atoms with Crippen LogP contribution < -0.4 is 0 Å². The highest BCUT2D eigenvalue weighted by Gasteiger charge is 2.12. The highest BCUT2D eigenvalue weighted by molar-refractivity contribution is 9.09.